The van der Waals surface area contributed by atoms with Gasteiger partial charge in [0, 0.05) is 17.1 Å². The van der Waals surface area contributed by atoms with Crippen LogP contribution in [0.3, 0.4) is 0 Å². The van der Waals surface area contributed by atoms with Gasteiger partial charge in [0.25, 0.3) is 0 Å². The molecule has 1 aliphatic rings. The van der Waals surface area contributed by atoms with Crippen LogP contribution in [0.1, 0.15) is 38.5 Å². The van der Waals surface area contributed by atoms with E-state index in [1.54, 1.807) is 0 Å². The van der Waals surface area contributed by atoms with E-state index in [1.807, 2.05) is 0 Å². The minimum atomic E-state index is 0. The van der Waals surface area contributed by atoms with Crippen molar-refractivity contribution in [3.05, 3.63) is 0 Å². The Morgan fingerprint density at radius 3 is 1.50 bits per heavy atom. The van der Waals surface area contributed by atoms with Gasteiger partial charge < -0.3 is 5.32 Å². The molecule has 2 heteroatoms. The third-order valence-electron chi connectivity index (χ3n) is 1.96. The standard InChI is InChI=1S/C8H17N.Fe/c1-2-4-6-8-9-7-5-3-1;/h9H,1-8H2;. The van der Waals surface area contributed by atoms with Gasteiger partial charge in [-0.25, -0.2) is 0 Å². The molecule has 62 valence electrons. The molecule has 0 amide bonds. The normalized spacial score (nSPS) is 21.6. The van der Waals surface area contributed by atoms with Crippen molar-refractivity contribution >= 4 is 0 Å². The Balaban J connectivity index is 0.000000810. The molecule has 1 rings (SSSR count). The molecule has 0 aromatic heterocycles. The second-order valence-electron chi connectivity index (χ2n) is 2.87. The maximum absolute atomic E-state index is 3.43. The monoisotopic (exact) mass is 183 g/mol. The van der Waals surface area contributed by atoms with Crippen LogP contribution in [0.5, 0.6) is 0 Å². The first-order valence-electron chi connectivity index (χ1n) is 4.21. The molecule has 0 unspecified atom stereocenters. The van der Waals surface area contributed by atoms with Gasteiger partial charge in [-0.3, -0.25) is 0 Å². The van der Waals surface area contributed by atoms with Crippen molar-refractivity contribution in [1.82, 2.24) is 5.32 Å². The summed E-state index contributed by atoms with van der Waals surface area (Å²) in [6.45, 7) is 2.50. The van der Waals surface area contributed by atoms with Crippen molar-refractivity contribution in [2.75, 3.05) is 13.1 Å². The van der Waals surface area contributed by atoms with E-state index in [-0.39, 0.29) is 17.1 Å². The van der Waals surface area contributed by atoms with E-state index < -0.39 is 0 Å². The van der Waals surface area contributed by atoms with Crippen molar-refractivity contribution in [3.63, 3.8) is 0 Å². The first kappa shape index (κ1) is 10.5. The second kappa shape index (κ2) is 7.58. The largest absolute Gasteiger partial charge is 0.317 e. The van der Waals surface area contributed by atoms with Crippen LogP contribution in [0.25, 0.3) is 0 Å². The van der Waals surface area contributed by atoms with E-state index >= 15 is 0 Å². The maximum Gasteiger partial charge on any atom is 0 e. The Bertz CT molecular complexity index is 37.7. The molecule has 1 N–H and O–H groups in total. The van der Waals surface area contributed by atoms with Crippen LogP contribution >= 0.6 is 0 Å². The van der Waals surface area contributed by atoms with E-state index in [0.29, 0.717) is 0 Å². The van der Waals surface area contributed by atoms with Crippen LogP contribution < -0.4 is 5.32 Å². The molecule has 1 heterocycles. The first-order chi connectivity index (χ1) is 4.50. The fourth-order valence-corrected chi connectivity index (χ4v) is 1.33. The van der Waals surface area contributed by atoms with Crippen LogP contribution in [-0.4, -0.2) is 13.1 Å². The van der Waals surface area contributed by atoms with Gasteiger partial charge in [0.05, 0.1) is 0 Å². The van der Waals surface area contributed by atoms with Gasteiger partial charge in [0.2, 0.25) is 0 Å². The number of nitrogens with one attached hydrogen (secondary N) is 1. The number of hydrogen-bond donors (Lipinski definition) is 1. The van der Waals surface area contributed by atoms with E-state index in [9.17, 15) is 0 Å². The third-order valence-corrected chi connectivity index (χ3v) is 1.96. The SMILES string of the molecule is C1CCCCNCCC1.[Fe]. The first-order valence-corrected chi connectivity index (χ1v) is 4.21. The molecule has 0 spiro atoms. The third kappa shape index (κ3) is 5.28. The zero-order valence-corrected chi connectivity index (χ0v) is 7.61. The molecule has 1 fully saturated rings. The Labute approximate surface area is 74.4 Å². The summed E-state index contributed by atoms with van der Waals surface area (Å²) in [4.78, 5) is 0. The topological polar surface area (TPSA) is 12.0 Å². The quantitative estimate of drug-likeness (QED) is 0.566. The van der Waals surface area contributed by atoms with Crippen molar-refractivity contribution < 1.29 is 17.1 Å². The van der Waals surface area contributed by atoms with Crippen LogP contribution in [0.15, 0.2) is 0 Å². The summed E-state index contributed by atoms with van der Waals surface area (Å²) in [6.07, 6.45) is 8.57. The molecule has 0 radical (unpaired) electrons. The minimum absolute atomic E-state index is 0. The molecule has 0 atom stereocenters. The fourth-order valence-electron chi connectivity index (χ4n) is 1.33. The van der Waals surface area contributed by atoms with Gasteiger partial charge in [-0.2, -0.15) is 0 Å². The van der Waals surface area contributed by atoms with Crippen LogP contribution in [0.4, 0.5) is 0 Å². The summed E-state index contributed by atoms with van der Waals surface area (Å²) in [5.74, 6) is 0. The van der Waals surface area contributed by atoms with Crippen LogP contribution in [0, 0.1) is 0 Å². The molecule has 0 aromatic rings. The minimum Gasteiger partial charge on any atom is -0.317 e. The van der Waals surface area contributed by atoms with Crippen molar-refractivity contribution in [2.24, 2.45) is 0 Å². The van der Waals surface area contributed by atoms with Crippen molar-refractivity contribution in [2.45, 2.75) is 38.5 Å². The summed E-state index contributed by atoms with van der Waals surface area (Å²) < 4.78 is 0. The molecule has 0 bridgehead atoms. The van der Waals surface area contributed by atoms with E-state index in [1.165, 1.54) is 51.6 Å². The Hall–Kier alpha value is 0.479. The average molecular weight is 183 g/mol. The summed E-state index contributed by atoms with van der Waals surface area (Å²) in [5.41, 5.74) is 0. The second-order valence-corrected chi connectivity index (χ2v) is 2.87. The molecule has 0 aromatic carbocycles. The summed E-state index contributed by atoms with van der Waals surface area (Å²) in [5, 5.41) is 3.43. The van der Waals surface area contributed by atoms with Gasteiger partial charge in [-0.1, -0.05) is 25.7 Å². The van der Waals surface area contributed by atoms with Crippen LogP contribution in [0.2, 0.25) is 0 Å². The van der Waals surface area contributed by atoms with E-state index in [0.717, 1.165) is 0 Å². The molecule has 10 heavy (non-hydrogen) atoms. The molecular weight excluding hydrogens is 166 g/mol. The maximum atomic E-state index is 3.43. The van der Waals surface area contributed by atoms with Gasteiger partial charge in [-0.05, 0) is 25.9 Å². The average Bonchev–Trinajstić information content (AvgIpc) is 2.00. The van der Waals surface area contributed by atoms with Gasteiger partial charge in [0.15, 0.2) is 0 Å². The Morgan fingerprint density at radius 2 is 1.00 bits per heavy atom. The zero-order chi connectivity index (χ0) is 6.36. The smallest absolute Gasteiger partial charge is 0 e. The summed E-state index contributed by atoms with van der Waals surface area (Å²) in [7, 11) is 0. The number of rotatable bonds is 0. The predicted molar refractivity (Wildman–Crippen MR) is 40.6 cm³/mol. The van der Waals surface area contributed by atoms with E-state index in [4.69, 9.17) is 0 Å². The van der Waals surface area contributed by atoms with Crippen LogP contribution in [-0.2, 0) is 17.1 Å². The fraction of sp³-hybridized carbons (Fsp3) is 1.00. The summed E-state index contributed by atoms with van der Waals surface area (Å²) >= 11 is 0. The van der Waals surface area contributed by atoms with Crippen molar-refractivity contribution in [1.29, 1.82) is 0 Å². The van der Waals surface area contributed by atoms with Gasteiger partial charge >= 0.3 is 0 Å². The van der Waals surface area contributed by atoms with E-state index in [2.05, 4.69) is 5.32 Å². The van der Waals surface area contributed by atoms with Crippen molar-refractivity contribution in [3.8, 4) is 0 Å². The molecule has 1 nitrogen and oxygen atoms in total. The molecule has 1 saturated heterocycles. The summed E-state index contributed by atoms with van der Waals surface area (Å²) in [6, 6.07) is 0. The Morgan fingerprint density at radius 1 is 0.600 bits per heavy atom. The number of hydrogen-bond acceptors (Lipinski definition) is 1. The molecule has 0 aliphatic carbocycles. The molecular formula is C8H17FeN. The molecule has 0 saturated carbocycles. The van der Waals surface area contributed by atoms with Gasteiger partial charge in [0.1, 0.15) is 0 Å². The Kier molecular flexibility index (Phi) is 7.95. The van der Waals surface area contributed by atoms with Gasteiger partial charge in [-0.15, -0.1) is 0 Å². The predicted octanol–water partition coefficient (Wildman–Crippen LogP) is 1.93. The molecule has 1 aliphatic heterocycles. The zero-order valence-electron chi connectivity index (χ0n) is 6.51.